The van der Waals surface area contributed by atoms with Crippen LogP contribution in [0, 0.1) is 11.8 Å². The quantitative estimate of drug-likeness (QED) is 0.0381. The highest BCUT2D eigenvalue weighted by Crippen LogP contribution is 2.24. The van der Waals surface area contributed by atoms with Crippen molar-refractivity contribution in [2.24, 2.45) is 11.8 Å². The Morgan fingerprint density at radius 1 is 0.754 bits per heavy atom. The van der Waals surface area contributed by atoms with Gasteiger partial charge in [-0.05, 0) is 81.4 Å². The third-order valence-electron chi connectivity index (χ3n) is 13.2. The molecule has 1 aromatic carbocycles. The number of hydrogen-bond acceptors (Lipinski definition) is 12. The number of likely N-dealkylation sites (tertiary alicyclic amines) is 2. The van der Waals surface area contributed by atoms with Gasteiger partial charge in [-0.25, -0.2) is 0 Å². The second-order valence-electron chi connectivity index (χ2n) is 19.1. The molecule has 19 nitrogen and oxygen atoms in total. The molecule has 0 bridgehead atoms. The average molecular weight is 972 g/mol. The molecule has 69 heavy (non-hydrogen) atoms. The number of hydrogen-bond donors (Lipinski definition) is 9. The van der Waals surface area contributed by atoms with Gasteiger partial charge < -0.3 is 61.6 Å². The highest BCUT2D eigenvalue weighted by molar-refractivity contribution is 5.97. The van der Waals surface area contributed by atoms with Gasteiger partial charge in [0.1, 0.15) is 42.2 Å². The minimum atomic E-state index is -1.75. The Bertz CT molecular complexity index is 1820. The van der Waals surface area contributed by atoms with E-state index in [1.54, 1.807) is 0 Å². The van der Waals surface area contributed by atoms with Gasteiger partial charge in [0.2, 0.25) is 41.4 Å². The number of phenolic OH excluding ortho intramolecular Hbond substituents is 1. The molecule has 7 amide bonds. The third-order valence-corrected chi connectivity index (χ3v) is 13.2. The van der Waals surface area contributed by atoms with Gasteiger partial charge in [0.05, 0.1) is 24.9 Å². The SMILES string of the molecule is CCCNC(=O)C1[C@@H](O)CCN1C(=O)C(CCC=O)NC(=O)C(NC(=O)C1CCCN1C(=O)C(NC(=O)CNC(=O)CCCCCCCCC(C)CC(C)CC)[C@@H](C)O)[C@H](O)Cc1ccc(O)cc1. The van der Waals surface area contributed by atoms with Gasteiger partial charge in [-0.1, -0.05) is 84.8 Å². The average Bonchev–Trinajstić information content (AvgIpc) is 3.98. The number of aliphatic hydroxyl groups excluding tert-OH is 3. The first-order chi connectivity index (χ1) is 32.9. The molecular weight excluding hydrogens is 891 g/mol. The zero-order valence-corrected chi connectivity index (χ0v) is 41.5. The monoisotopic (exact) mass is 972 g/mol. The lowest BCUT2D eigenvalue weighted by molar-refractivity contribution is -0.145. The maximum atomic E-state index is 14.2. The fourth-order valence-electron chi connectivity index (χ4n) is 9.04. The maximum Gasteiger partial charge on any atom is 0.248 e. The van der Waals surface area contributed by atoms with Crippen molar-refractivity contribution in [3.8, 4) is 5.75 Å². The molecule has 1 aromatic rings. The lowest BCUT2D eigenvalue weighted by Crippen LogP contribution is -2.62. The van der Waals surface area contributed by atoms with E-state index < -0.39 is 90.5 Å². The first kappa shape index (κ1) is 58.2. The summed E-state index contributed by atoms with van der Waals surface area (Å²) >= 11 is 0. The van der Waals surface area contributed by atoms with Crippen molar-refractivity contribution >= 4 is 47.6 Å². The van der Waals surface area contributed by atoms with E-state index in [2.05, 4.69) is 47.4 Å². The van der Waals surface area contributed by atoms with Gasteiger partial charge in [-0.15, -0.1) is 0 Å². The Morgan fingerprint density at radius 3 is 2.09 bits per heavy atom. The largest absolute Gasteiger partial charge is 0.508 e. The van der Waals surface area contributed by atoms with E-state index in [4.69, 9.17) is 0 Å². The molecule has 0 radical (unpaired) electrons. The first-order valence-electron chi connectivity index (χ1n) is 25.2. The summed E-state index contributed by atoms with van der Waals surface area (Å²) in [6.45, 7) is 9.87. The van der Waals surface area contributed by atoms with E-state index in [1.807, 2.05) is 6.92 Å². The Kier molecular flexibility index (Phi) is 25.7. The number of carbonyl (C=O) groups excluding carboxylic acids is 8. The van der Waals surface area contributed by atoms with Crippen LogP contribution in [0.4, 0.5) is 0 Å². The van der Waals surface area contributed by atoms with E-state index >= 15 is 0 Å². The van der Waals surface area contributed by atoms with Crippen LogP contribution in [0.15, 0.2) is 24.3 Å². The summed E-state index contributed by atoms with van der Waals surface area (Å²) in [6, 6.07) is -1.40. The van der Waals surface area contributed by atoms with Crippen molar-refractivity contribution in [1.82, 2.24) is 36.4 Å². The van der Waals surface area contributed by atoms with Gasteiger partial charge in [-0.3, -0.25) is 33.6 Å². The molecular formula is C50H81N7O12. The number of amides is 7. The number of carbonyl (C=O) groups is 8. The summed E-state index contributed by atoms with van der Waals surface area (Å²) in [5.41, 5.74) is 0.468. The van der Waals surface area contributed by atoms with Gasteiger partial charge in [0, 0.05) is 38.9 Å². The molecule has 2 aliphatic heterocycles. The number of unbranched alkanes of at least 4 members (excludes halogenated alkanes) is 5. The molecule has 388 valence electrons. The van der Waals surface area contributed by atoms with Crippen LogP contribution in [0.2, 0.25) is 0 Å². The molecule has 2 heterocycles. The summed E-state index contributed by atoms with van der Waals surface area (Å²) in [6.07, 6.45) is 6.82. The van der Waals surface area contributed by atoms with Crippen LogP contribution in [-0.2, 0) is 44.8 Å². The second kappa shape index (κ2) is 30.5. The zero-order valence-electron chi connectivity index (χ0n) is 41.5. The fraction of sp³-hybridized carbons (Fsp3) is 0.720. The molecule has 3 rings (SSSR count). The van der Waals surface area contributed by atoms with Crippen LogP contribution >= 0.6 is 0 Å². The van der Waals surface area contributed by atoms with Gasteiger partial charge in [-0.2, -0.15) is 0 Å². The van der Waals surface area contributed by atoms with Crippen LogP contribution in [-0.4, -0.2) is 153 Å². The molecule has 2 aliphatic rings. The molecule has 19 heteroatoms. The van der Waals surface area contributed by atoms with Crippen LogP contribution in [0.3, 0.4) is 0 Å². The first-order valence-corrected chi connectivity index (χ1v) is 25.2. The third kappa shape index (κ3) is 19.3. The number of nitrogens with one attached hydrogen (secondary N) is 5. The lowest BCUT2D eigenvalue weighted by atomic mass is 9.91. The van der Waals surface area contributed by atoms with Crippen molar-refractivity contribution in [1.29, 1.82) is 0 Å². The fourth-order valence-corrected chi connectivity index (χ4v) is 9.04. The van der Waals surface area contributed by atoms with E-state index in [9.17, 15) is 58.8 Å². The Balaban J connectivity index is 1.66. The van der Waals surface area contributed by atoms with E-state index in [0.29, 0.717) is 37.7 Å². The summed E-state index contributed by atoms with van der Waals surface area (Å²) in [7, 11) is 0. The number of aliphatic hydroxyl groups is 3. The molecule has 0 aromatic heterocycles. The van der Waals surface area contributed by atoms with Crippen molar-refractivity contribution in [3.05, 3.63) is 29.8 Å². The minimum Gasteiger partial charge on any atom is -0.508 e. The molecule has 7 unspecified atom stereocenters. The summed E-state index contributed by atoms with van der Waals surface area (Å²) in [5.74, 6) is -3.63. The molecule has 9 N–H and O–H groups in total. The predicted octanol–water partition coefficient (Wildman–Crippen LogP) is 1.90. The molecule has 10 atom stereocenters. The number of nitrogens with zero attached hydrogens (tertiary/aromatic N) is 2. The van der Waals surface area contributed by atoms with Crippen LogP contribution < -0.4 is 26.6 Å². The zero-order chi connectivity index (χ0) is 51.0. The Hall–Kier alpha value is -5.14. The Morgan fingerprint density at radius 2 is 1.43 bits per heavy atom. The van der Waals surface area contributed by atoms with Crippen molar-refractivity contribution in [2.75, 3.05) is 26.2 Å². The minimum absolute atomic E-state index is 0.0197. The lowest BCUT2D eigenvalue weighted by Gasteiger charge is -2.33. The summed E-state index contributed by atoms with van der Waals surface area (Å²) in [5, 5.41) is 55.5. The molecule has 0 aliphatic carbocycles. The van der Waals surface area contributed by atoms with E-state index in [1.165, 1.54) is 61.8 Å². The summed E-state index contributed by atoms with van der Waals surface area (Å²) in [4.78, 5) is 109. The number of rotatable bonds is 31. The maximum absolute atomic E-state index is 14.2. The number of phenols is 1. The van der Waals surface area contributed by atoms with Crippen molar-refractivity contribution in [3.63, 3.8) is 0 Å². The molecule has 0 saturated carbocycles. The predicted molar refractivity (Wildman–Crippen MR) is 258 cm³/mol. The molecule has 2 saturated heterocycles. The van der Waals surface area contributed by atoms with Gasteiger partial charge in [0.25, 0.3) is 0 Å². The Labute approximate surface area is 407 Å². The van der Waals surface area contributed by atoms with E-state index in [-0.39, 0.29) is 63.3 Å². The number of benzene rings is 1. The molecule has 2 fully saturated rings. The van der Waals surface area contributed by atoms with Crippen molar-refractivity contribution in [2.45, 2.75) is 192 Å². The van der Waals surface area contributed by atoms with Gasteiger partial charge >= 0.3 is 0 Å². The standard InChI is InChI=1S/C50H81N7O12/c1-6-25-51-48(67)45-39(61)24-27-57(45)49(68)37(17-15-28-58)53-47(66)44(40(62)30-35-20-22-36(60)23-21-35)55-46(65)38-18-14-26-56(38)50(69)43(34(5)59)54-42(64)31-52-41(63)19-13-11-9-8-10-12-16-33(4)29-32(3)7-2/h20-23,28,32-34,37-40,43-45,59-62H,6-19,24-27,29-31H2,1-5H3,(H,51,67)(H,52,63)(H,53,66)(H,54,64)(H,55,65)/t32?,33?,34-,37?,38?,39+,40-,43?,44?,45?/m1/s1. The number of aldehydes is 1. The highest BCUT2D eigenvalue weighted by Gasteiger charge is 2.45. The van der Waals surface area contributed by atoms with E-state index in [0.717, 1.165) is 42.4 Å². The topological polar surface area (TPSA) is 284 Å². The second-order valence-corrected chi connectivity index (χ2v) is 19.1. The normalized spacial score (nSPS) is 19.9. The summed E-state index contributed by atoms with van der Waals surface area (Å²) < 4.78 is 0. The highest BCUT2D eigenvalue weighted by atomic mass is 16.3. The smallest absolute Gasteiger partial charge is 0.248 e. The van der Waals surface area contributed by atoms with Crippen LogP contribution in [0.1, 0.15) is 143 Å². The van der Waals surface area contributed by atoms with Crippen LogP contribution in [0.5, 0.6) is 5.75 Å². The van der Waals surface area contributed by atoms with Crippen LogP contribution in [0.25, 0.3) is 0 Å². The van der Waals surface area contributed by atoms with Crippen molar-refractivity contribution < 1.29 is 58.8 Å². The molecule has 0 spiro atoms. The van der Waals surface area contributed by atoms with Gasteiger partial charge in [0.15, 0.2) is 0 Å². The number of aromatic hydroxyl groups is 1.